The minimum absolute atomic E-state index is 0.118. The number of methoxy groups -OCH3 is 1. The molecule has 0 aromatic heterocycles. The zero-order valence-corrected chi connectivity index (χ0v) is 22.9. The predicted octanol–water partition coefficient (Wildman–Crippen LogP) is 6.08. The van der Waals surface area contributed by atoms with Gasteiger partial charge in [-0.3, -0.25) is 9.59 Å². The molecule has 3 aromatic rings. The van der Waals surface area contributed by atoms with Crippen molar-refractivity contribution in [2.45, 2.75) is 50.7 Å². The van der Waals surface area contributed by atoms with Crippen LogP contribution in [0.5, 0.6) is 11.5 Å². The lowest BCUT2D eigenvalue weighted by Crippen LogP contribution is -2.53. The molecular weight excluding hydrogens is 523 g/mol. The van der Waals surface area contributed by atoms with Gasteiger partial charge in [-0.1, -0.05) is 72.4 Å². The number of rotatable bonds is 11. The molecule has 8 heteroatoms. The van der Waals surface area contributed by atoms with E-state index in [1.165, 1.54) is 0 Å². The van der Waals surface area contributed by atoms with Crippen LogP contribution in [-0.2, 0) is 22.6 Å². The van der Waals surface area contributed by atoms with Crippen molar-refractivity contribution in [3.63, 3.8) is 0 Å². The molecule has 0 aliphatic heterocycles. The lowest BCUT2D eigenvalue weighted by Gasteiger charge is -2.32. The Balaban J connectivity index is 1.62. The standard InChI is InChI=1S/C30H32Cl2N2O4/c1-37-25-13-15-26(16-14-25)38-20-29(35)34(19-22-11-12-23(31)18-27(22)32)28(17-21-7-3-2-4-8-21)30(36)33-24-9-5-6-10-24/h2-4,7-8,11-16,18,24,28H,5-6,9-10,17,19-20H2,1H3,(H,33,36)/t28-/m1/s1. The molecule has 0 unspecified atom stereocenters. The van der Waals surface area contributed by atoms with Crippen LogP contribution in [-0.4, -0.2) is 42.5 Å². The highest BCUT2D eigenvalue weighted by molar-refractivity contribution is 6.35. The molecule has 1 atom stereocenters. The molecule has 1 fully saturated rings. The van der Waals surface area contributed by atoms with Crippen molar-refractivity contribution in [3.8, 4) is 11.5 Å². The molecule has 4 rings (SSSR count). The minimum atomic E-state index is -0.753. The van der Waals surface area contributed by atoms with Gasteiger partial charge in [0.15, 0.2) is 6.61 Å². The largest absolute Gasteiger partial charge is 0.497 e. The van der Waals surface area contributed by atoms with Crippen molar-refractivity contribution in [2.24, 2.45) is 0 Å². The highest BCUT2D eigenvalue weighted by Crippen LogP contribution is 2.25. The number of amides is 2. The second-order valence-electron chi connectivity index (χ2n) is 9.42. The molecule has 0 heterocycles. The third-order valence-electron chi connectivity index (χ3n) is 6.75. The van der Waals surface area contributed by atoms with Gasteiger partial charge in [0.2, 0.25) is 5.91 Å². The van der Waals surface area contributed by atoms with E-state index in [2.05, 4.69) is 5.32 Å². The Hall–Kier alpha value is -3.22. The second-order valence-corrected chi connectivity index (χ2v) is 10.3. The molecule has 0 saturated heterocycles. The number of benzene rings is 3. The van der Waals surface area contributed by atoms with Crippen LogP contribution in [0.15, 0.2) is 72.8 Å². The van der Waals surface area contributed by atoms with E-state index in [4.69, 9.17) is 32.7 Å². The topological polar surface area (TPSA) is 67.9 Å². The van der Waals surface area contributed by atoms with E-state index >= 15 is 0 Å². The molecule has 6 nitrogen and oxygen atoms in total. The molecule has 1 aliphatic rings. The van der Waals surface area contributed by atoms with Gasteiger partial charge in [0.25, 0.3) is 5.91 Å². The maximum Gasteiger partial charge on any atom is 0.261 e. The van der Waals surface area contributed by atoms with Gasteiger partial charge in [-0.05, 0) is 60.4 Å². The van der Waals surface area contributed by atoms with Gasteiger partial charge in [0.05, 0.1) is 7.11 Å². The normalized spacial score (nSPS) is 14.1. The van der Waals surface area contributed by atoms with E-state index in [-0.39, 0.29) is 31.0 Å². The van der Waals surface area contributed by atoms with Gasteiger partial charge >= 0.3 is 0 Å². The first-order chi connectivity index (χ1) is 18.4. The van der Waals surface area contributed by atoms with E-state index in [9.17, 15) is 9.59 Å². The Morgan fingerprint density at radius 2 is 1.66 bits per heavy atom. The van der Waals surface area contributed by atoms with Gasteiger partial charge in [0.1, 0.15) is 17.5 Å². The molecule has 1 aliphatic carbocycles. The fraction of sp³-hybridized carbons (Fsp3) is 0.333. The Morgan fingerprint density at radius 1 is 0.974 bits per heavy atom. The lowest BCUT2D eigenvalue weighted by atomic mass is 10.0. The first-order valence-corrected chi connectivity index (χ1v) is 13.5. The summed E-state index contributed by atoms with van der Waals surface area (Å²) < 4.78 is 11.0. The maximum absolute atomic E-state index is 13.7. The molecule has 1 saturated carbocycles. The van der Waals surface area contributed by atoms with Gasteiger partial charge in [0, 0.05) is 29.1 Å². The fourth-order valence-electron chi connectivity index (χ4n) is 4.65. The lowest BCUT2D eigenvalue weighted by molar-refractivity contribution is -0.143. The van der Waals surface area contributed by atoms with Crippen LogP contribution in [0, 0.1) is 0 Å². The number of halogens is 2. The average Bonchev–Trinajstić information content (AvgIpc) is 3.44. The Bertz CT molecular complexity index is 1210. The second kappa shape index (κ2) is 13.5. The van der Waals surface area contributed by atoms with Crippen molar-refractivity contribution < 1.29 is 19.1 Å². The summed E-state index contributed by atoms with van der Waals surface area (Å²) in [5.41, 5.74) is 1.65. The fourth-order valence-corrected chi connectivity index (χ4v) is 5.12. The van der Waals surface area contributed by atoms with Crippen molar-refractivity contribution in [1.82, 2.24) is 10.2 Å². The zero-order chi connectivity index (χ0) is 26.9. The third-order valence-corrected chi connectivity index (χ3v) is 7.34. The van der Waals surface area contributed by atoms with Crippen LogP contribution in [0.3, 0.4) is 0 Å². The molecule has 0 spiro atoms. The van der Waals surface area contributed by atoms with Crippen LogP contribution >= 0.6 is 23.2 Å². The van der Waals surface area contributed by atoms with Crippen molar-refractivity contribution in [2.75, 3.05) is 13.7 Å². The summed E-state index contributed by atoms with van der Waals surface area (Å²) in [5.74, 6) is 0.714. The summed E-state index contributed by atoms with van der Waals surface area (Å²) in [5, 5.41) is 4.12. The first-order valence-electron chi connectivity index (χ1n) is 12.8. The molecule has 38 heavy (non-hydrogen) atoms. The van der Waals surface area contributed by atoms with E-state index in [1.807, 2.05) is 30.3 Å². The number of hydrogen-bond acceptors (Lipinski definition) is 4. The summed E-state index contributed by atoms with van der Waals surface area (Å²) in [6.07, 6.45) is 4.43. The SMILES string of the molecule is COc1ccc(OCC(=O)N(Cc2ccc(Cl)cc2Cl)[C@H](Cc2ccccc2)C(=O)NC2CCCC2)cc1. The summed E-state index contributed by atoms with van der Waals surface area (Å²) >= 11 is 12.6. The summed E-state index contributed by atoms with van der Waals surface area (Å²) in [7, 11) is 1.59. The van der Waals surface area contributed by atoms with Crippen molar-refractivity contribution >= 4 is 35.0 Å². The number of nitrogens with zero attached hydrogens (tertiary/aromatic N) is 1. The molecule has 0 bridgehead atoms. The van der Waals surface area contributed by atoms with Gasteiger partial charge in [-0.15, -0.1) is 0 Å². The monoisotopic (exact) mass is 554 g/mol. The Labute approximate surface area is 233 Å². The summed E-state index contributed by atoms with van der Waals surface area (Å²) in [6.45, 7) is -0.101. The molecule has 1 N–H and O–H groups in total. The van der Waals surface area contributed by atoms with Gasteiger partial charge < -0.3 is 19.7 Å². The Kier molecular flexibility index (Phi) is 9.91. The highest BCUT2D eigenvalue weighted by atomic mass is 35.5. The van der Waals surface area contributed by atoms with Gasteiger partial charge in [-0.2, -0.15) is 0 Å². The van der Waals surface area contributed by atoms with Gasteiger partial charge in [-0.25, -0.2) is 0 Å². The van der Waals surface area contributed by atoms with Crippen LogP contribution in [0.1, 0.15) is 36.8 Å². The quantitative estimate of drug-likeness (QED) is 0.312. The van der Waals surface area contributed by atoms with E-state index < -0.39 is 6.04 Å². The zero-order valence-electron chi connectivity index (χ0n) is 21.4. The van der Waals surface area contributed by atoms with Crippen LogP contribution in [0.4, 0.5) is 0 Å². The number of ether oxygens (including phenoxy) is 2. The first kappa shape index (κ1) is 27.8. The van der Waals surface area contributed by atoms with E-state index in [0.29, 0.717) is 33.5 Å². The van der Waals surface area contributed by atoms with E-state index in [1.54, 1.807) is 54.5 Å². The molecular formula is C30H32Cl2N2O4. The molecule has 3 aromatic carbocycles. The van der Waals surface area contributed by atoms with E-state index in [0.717, 1.165) is 31.2 Å². The van der Waals surface area contributed by atoms with Crippen molar-refractivity contribution in [1.29, 1.82) is 0 Å². The van der Waals surface area contributed by atoms with Crippen LogP contribution in [0.2, 0.25) is 10.0 Å². The molecule has 0 radical (unpaired) electrons. The number of nitrogens with one attached hydrogen (secondary N) is 1. The highest BCUT2D eigenvalue weighted by Gasteiger charge is 2.32. The number of hydrogen-bond donors (Lipinski definition) is 1. The predicted molar refractivity (Wildman–Crippen MR) is 150 cm³/mol. The minimum Gasteiger partial charge on any atom is -0.497 e. The molecule has 2 amide bonds. The maximum atomic E-state index is 13.7. The number of carbonyl (C=O) groups excluding carboxylic acids is 2. The number of carbonyl (C=O) groups is 2. The summed E-state index contributed by atoms with van der Waals surface area (Å²) in [4.78, 5) is 29.0. The van der Waals surface area contributed by atoms with Crippen molar-refractivity contribution in [3.05, 3.63) is 94.0 Å². The third kappa shape index (κ3) is 7.65. The smallest absolute Gasteiger partial charge is 0.261 e. The average molecular weight is 556 g/mol. The summed E-state index contributed by atoms with van der Waals surface area (Å²) in [6, 6.07) is 21.2. The molecule has 200 valence electrons. The van der Waals surface area contributed by atoms with Crippen LogP contribution in [0.25, 0.3) is 0 Å². The Morgan fingerprint density at radius 3 is 2.32 bits per heavy atom. The van der Waals surface area contributed by atoms with Crippen LogP contribution < -0.4 is 14.8 Å².